The maximum atomic E-state index is 12.4. The van der Waals surface area contributed by atoms with Crippen LogP contribution in [0.4, 0.5) is 5.69 Å². The molecule has 0 radical (unpaired) electrons. The van der Waals surface area contributed by atoms with E-state index in [9.17, 15) is 4.79 Å². The van der Waals surface area contributed by atoms with Crippen molar-refractivity contribution >= 4 is 35.0 Å². The molecule has 3 aromatic rings. The Morgan fingerprint density at radius 3 is 2.67 bits per heavy atom. The molecule has 140 valence electrons. The van der Waals surface area contributed by atoms with Gasteiger partial charge in [-0.3, -0.25) is 4.79 Å². The Balaban J connectivity index is 1.65. The van der Waals surface area contributed by atoms with Crippen molar-refractivity contribution in [1.82, 2.24) is 10.2 Å². The summed E-state index contributed by atoms with van der Waals surface area (Å²) in [5, 5.41) is 11.4. The van der Waals surface area contributed by atoms with Gasteiger partial charge in [0.1, 0.15) is 5.75 Å². The smallest absolute Gasteiger partial charge is 0.277 e. The van der Waals surface area contributed by atoms with Gasteiger partial charge in [0.15, 0.2) is 0 Å². The van der Waals surface area contributed by atoms with E-state index in [4.69, 9.17) is 20.8 Å². The Kier molecular flexibility index (Phi) is 6.03. The highest BCUT2D eigenvalue weighted by Crippen LogP contribution is 2.28. The van der Waals surface area contributed by atoms with E-state index >= 15 is 0 Å². The normalized spacial score (nSPS) is 11.9. The lowest BCUT2D eigenvalue weighted by Crippen LogP contribution is -2.22. The first kappa shape index (κ1) is 19.3. The van der Waals surface area contributed by atoms with Gasteiger partial charge >= 0.3 is 0 Å². The van der Waals surface area contributed by atoms with Crippen LogP contribution in [0.5, 0.6) is 5.75 Å². The first-order valence-corrected chi connectivity index (χ1v) is 9.43. The summed E-state index contributed by atoms with van der Waals surface area (Å²) in [5.41, 5.74) is 2.40. The predicted octanol–water partition coefficient (Wildman–Crippen LogP) is 4.83. The number of rotatable bonds is 6. The Hall–Kier alpha value is -2.51. The number of hydrogen-bond acceptors (Lipinski definition) is 6. The van der Waals surface area contributed by atoms with Crippen LogP contribution in [0.2, 0.25) is 5.02 Å². The number of aryl methyl sites for hydroxylation is 1. The molecule has 0 unspecified atom stereocenters. The third-order valence-electron chi connectivity index (χ3n) is 3.85. The second kappa shape index (κ2) is 8.45. The van der Waals surface area contributed by atoms with Crippen molar-refractivity contribution in [1.29, 1.82) is 0 Å². The van der Waals surface area contributed by atoms with Crippen LogP contribution in [0.25, 0.3) is 11.5 Å². The summed E-state index contributed by atoms with van der Waals surface area (Å²) in [7, 11) is 1.60. The average molecular weight is 404 g/mol. The number of nitrogens with one attached hydrogen (secondary N) is 1. The summed E-state index contributed by atoms with van der Waals surface area (Å²) in [5.74, 6) is 0.961. The molecule has 0 aliphatic carbocycles. The van der Waals surface area contributed by atoms with Crippen molar-refractivity contribution in [3.05, 3.63) is 53.1 Å². The summed E-state index contributed by atoms with van der Waals surface area (Å²) in [4.78, 5) is 12.4. The van der Waals surface area contributed by atoms with E-state index < -0.39 is 5.25 Å². The van der Waals surface area contributed by atoms with E-state index in [0.717, 1.165) is 16.9 Å². The molecule has 0 spiro atoms. The molecule has 1 N–H and O–H groups in total. The molecule has 27 heavy (non-hydrogen) atoms. The van der Waals surface area contributed by atoms with Gasteiger partial charge in [-0.25, -0.2) is 0 Å². The molecule has 8 heteroatoms. The molecule has 0 saturated heterocycles. The van der Waals surface area contributed by atoms with Gasteiger partial charge in [0.2, 0.25) is 11.8 Å². The molecule has 1 atom stereocenters. The third kappa shape index (κ3) is 4.81. The zero-order valence-electron chi connectivity index (χ0n) is 15.0. The number of nitrogens with zero attached hydrogens (tertiary/aromatic N) is 2. The van der Waals surface area contributed by atoms with E-state index in [-0.39, 0.29) is 5.91 Å². The minimum absolute atomic E-state index is 0.172. The summed E-state index contributed by atoms with van der Waals surface area (Å²) in [6.45, 7) is 3.68. The second-order valence-electron chi connectivity index (χ2n) is 5.81. The number of carbonyl (C=O) groups excluding carboxylic acids is 1. The number of methoxy groups -OCH3 is 1. The molecule has 0 aliphatic heterocycles. The van der Waals surface area contributed by atoms with Crippen LogP contribution >= 0.6 is 23.4 Å². The highest BCUT2D eigenvalue weighted by atomic mass is 35.5. The molecule has 6 nitrogen and oxygen atoms in total. The van der Waals surface area contributed by atoms with Crippen LogP contribution in [0, 0.1) is 6.92 Å². The van der Waals surface area contributed by atoms with Crippen molar-refractivity contribution in [3.8, 4) is 17.2 Å². The van der Waals surface area contributed by atoms with Gasteiger partial charge < -0.3 is 14.5 Å². The number of thioether (sulfide) groups is 1. The molecular weight excluding hydrogens is 386 g/mol. The monoisotopic (exact) mass is 403 g/mol. The fourth-order valence-corrected chi connectivity index (χ4v) is 3.13. The molecule has 0 bridgehead atoms. The summed E-state index contributed by atoms with van der Waals surface area (Å²) in [6.07, 6.45) is 0. The number of aromatic nitrogens is 2. The van der Waals surface area contributed by atoms with Crippen LogP contribution in [-0.2, 0) is 4.79 Å². The number of halogens is 1. The first-order valence-electron chi connectivity index (χ1n) is 8.18. The lowest BCUT2D eigenvalue weighted by molar-refractivity contribution is -0.115. The van der Waals surface area contributed by atoms with Crippen LogP contribution in [0.15, 0.2) is 52.1 Å². The summed E-state index contributed by atoms with van der Waals surface area (Å²) >= 11 is 7.19. The first-order chi connectivity index (χ1) is 13.0. The largest absolute Gasteiger partial charge is 0.497 e. The van der Waals surface area contributed by atoms with Crippen molar-refractivity contribution < 1.29 is 13.9 Å². The Morgan fingerprint density at radius 1 is 1.22 bits per heavy atom. The number of benzene rings is 2. The Bertz CT molecular complexity index is 944. The third-order valence-corrected chi connectivity index (χ3v) is 5.02. The van der Waals surface area contributed by atoms with E-state index in [1.165, 1.54) is 11.8 Å². The minimum Gasteiger partial charge on any atom is -0.497 e. The van der Waals surface area contributed by atoms with Crippen molar-refractivity contribution in [2.45, 2.75) is 24.3 Å². The number of hydrogen-bond donors (Lipinski definition) is 1. The van der Waals surface area contributed by atoms with Crippen molar-refractivity contribution in [2.24, 2.45) is 0 Å². The predicted molar refractivity (Wildman–Crippen MR) is 106 cm³/mol. The van der Waals surface area contributed by atoms with Gasteiger partial charge in [0, 0.05) is 16.3 Å². The van der Waals surface area contributed by atoms with Crippen LogP contribution in [-0.4, -0.2) is 28.5 Å². The zero-order valence-corrected chi connectivity index (χ0v) is 16.6. The van der Waals surface area contributed by atoms with Gasteiger partial charge in [-0.2, -0.15) is 0 Å². The average Bonchev–Trinajstić information content (AvgIpc) is 3.13. The molecule has 2 aromatic carbocycles. The van der Waals surface area contributed by atoms with E-state index in [1.807, 2.05) is 37.3 Å². The molecule has 1 heterocycles. The molecule has 0 fully saturated rings. The lowest BCUT2D eigenvalue weighted by atomic mass is 10.2. The van der Waals surface area contributed by atoms with Gasteiger partial charge in [0.05, 0.1) is 12.4 Å². The second-order valence-corrected chi connectivity index (χ2v) is 7.54. The molecule has 1 aromatic heterocycles. The van der Waals surface area contributed by atoms with Gasteiger partial charge in [-0.05, 0) is 55.8 Å². The summed E-state index contributed by atoms with van der Waals surface area (Å²) < 4.78 is 10.8. The van der Waals surface area contributed by atoms with Crippen molar-refractivity contribution in [2.75, 3.05) is 12.4 Å². The number of amides is 1. The zero-order chi connectivity index (χ0) is 19.4. The van der Waals surface area contributed by atoms with Crippen LogP contribution in [0.3, 0.4) is 0 Å². The van der Waals surface area contributed by atoms with Gasteiger partial charge in [0.25, 0.3) is 5.22 Å². The molecular formula is C19H18ClN3O3S. The fraction of sp³-hybridized carbons (Fsp3) is 0.211. The van der Waals surface area contributed by atoms with E-state index in [2.05, 4.69) is 15.5 Å². The van der Waals surface area contributed by atoms with Gasteiger partial charge in [-0.1, -0.05) is 29.4 Å². The summed E-state index contributed by atoms with van der Waals surface area (Å²) in [6, 6.07) is 12.7. The molecule has 1 amide bonds. The molecule has 0 aliphatic rings. The highest BCUT2D eigenvalue weighted by Gasteiger charge is 2.19. The number of anilines is 1. The molecule has 3 rings (SSSR count). The Labute approximate surface area is 166 Å². The van der Waals surface area contributed by atoms with Gasteiger partial charge in [-0.15, -0.1) is 10.2 Å². The van der Waals surface area contributed by atoms with E-state index in [0.29, 0.717) is 21.8 Å². The molecule has 0 saturated carbocycles. The number of carbonyl (C=O) groups is 1. The quantitative estimate of drug-likeness (QED) is 0.594. The lowest BCUT2D eigenvalue weighted by Gasteiger charge is -2.12. The maximum absolute atomic E-state index is 12.4. The number of ether oxygens (including phenoxy) is 1. The van der Waals surface area contributed by atoms with Crippen LogP contribution in [0.1, 0.15) is 12.5 Å². The standard InChI is InChI=1S/C19H18ClN3O3S/c1-11-4-7-14(20)10-16(11)21-17(24)12(2)27-19-23-22-18(26-19)13-5-8-15(25-3)9-6-13/h4-10,12H,1-3H3,(H,21,24)/t12-/m1/s1. The van der Waals surface area contributed by atoms with Crippen LogP contribution < -0.4 is 10.1 Å². The van der Waals surface area contributed by atoms with Crippen molar-refractivity contribution in [3.63, 3.8) is 0 Å². The fourth-order valence-electron chi connectivity index (χ4n) is 2.28. The maximum Gasteiger partial charge on any atom is 0.277 e. The topological polar surface area (TPSA) is 77.2 Å². The SMILES string of the molecule is COc1ccc(-c2nnc(S[C@H](C)C(=O)Nc3cc(Cl)ccc3C)o2)cc1. The van der Waals surface area contributed by atoms with E-state index in [1.54, 1.807) is 26.2 Å². The Morgan fingerprint density at radius 2 is 1.96 bits per heavy atom. The minimum atomic E-state index is -0.424. The highest BCUT2D eigenvalue weighted by molar-refractivity contribution is 8.00.